The summed E-state index contributed by atoms with van der Waals surface area (Å²) in [6.45, 7) is 2.40. The highest BCUT2D eigenvalue weighted by Crippen LogP contribution is 2.14. The molecule has 2 fully saturated rings. The van der Waals surface area contributed by atoms with Crippen LogP contribution in [0.1, 0.15) is 37.7 Å². The Labute approximate surface area is 182 Å². The van der Waals surface area contributed by atoms with E-state index in [-0.39, 0.29) is 36.7 Å². The molecular weight excluding hydrogens is 399 g/mol. The Hall–Kier alpha value is -3.15. The summed E-state index contributed by atoms with van der Waals surface area (Å²) in [5.41, 5.74) is 0.541. The number of guanidine groups is 1. The van der Waals surface area contributed by atoms with Crippen LogP contribution in [0.3, 0.4) is 0 Å². The number of carbonyl (C=O) groups is 2. The van der Waals surface area contributed by atoms with Gasteiger partial charge in [0, 0.05) is 26.2 Å². The molecule has 1 unspecified atom stereocenters. The van der Waals surface area contributed by atoms with Gasteiger partial charge in [-0.1, -0.05) is 18.2 Å². The summed E-state index contributed by atoms with van der Waals surface area (Å²) < 4.78 is 13.8. The van der Waals surface area contributed by atoms with Crippen LogP contribution in [0.15, 0.2) is 29.3 Å². The fourth-order valence-electron chi connectivity index (χ4n) is 3.95. The third-order valence-corrected chi connectivity index (χ3v) is 5.66. The highest BCUT2D eigenvalue weighted by molar-refractivity contribution is 5.92. The zero-order valence-corrected chi connectivity index (χ0v) is 17.6. The Bertz CT molecular complexity index is 847. The molecule has 0 spiro atoms. The average molecular weight is 429 g/mol. The fraction of sp³-hybridized carbons (Fsp3) is 0.545. The molecule has 31 heavy (non-hydrogen) atoms. The van der Waals surface area contributed by atoms with Crippen LogP contribution in [-0.4, -0.2) is 66.3 Å². The number of nitriles is 1. The maximum absolute atomic E-state index is 13.8. The molecule has 0 aromatic heterocycles. The largest absolute Gasteiger partial charge is 0.344 e. The number of nitrogens with zero attached hydrogens (tertiary/aromatic N) is 4. The number of rotatable bonds is 6. The smallest absolute Gasteiger partial charge is 0.245 e. The molecule has 3 rings (SSSR count). The first-order valence-corrected chi connectivity index (χ1v) is 10.8. The van der Waals surface area contributed by atoms with Crippen molar-refractivity contribution in [1.29, 1.82) is 5.26 Å². The molecule has 0 bridgehead atoms. The van der Waals surface area contributed by atoms with Crippen molar-refractivity contribution in [2.75, 3.05) is 32.7 Å². The minimum atomic E-state index is -0.568. The summed E-state index contributed by atoms with van der Waals surface area (Å²) in [4.78, 5) is 33.3. The van der Waals surface area contributed by atoms with E-state index >= 15 is 0 Å². The number of aliphatic imine (C=N–C) groups is 1. The average Bonchev–Trinajstić information content (AvgIpc) is 3.25. The first-order chi connectivity index (χ1) is 15.1. The second-order valence-corrected chi connectivity index (χ2v) is 7.85. The van der Waals surface area contributed by atoms with Crippen molar-refractivity contribution >= 4 is 17.8 Å². The van der Waals surface area contributed by atoms with Crippen LogP contribution in [0.5, 0.6) is 0 Å². The number of carbonyl (C=O) groups excluding carboxylic acids is 2. The molecule has 2 aliphatic rings. The molecule has 2 N–H and O–H groups in total. The van der Waals surface area contributed by atoms with E-state index < -0.39 is 6.04 Å². The molecule has 2 aliphatic heterocycles. The number of nitrogens with one attached hydrogen (secondary N) is 2. The van der Waals surface area contributed by atoms with Gasteiger partial charge >= 0.3 is 0 Å². The van der Waals surface area contributed by atoms with Crippen molar-refractivity contribution < 1.29 is 14.0 Å². The zero-order valence-electron chi connectivity index (χ0n) is 17.6. The summed E-state index contributed by atoms with van der Waals surface area (Å²) in [6.07, 6.45) is 6.46. The van der Waals surface area contributed by atoms with E-state index in [0.29, 0.717) is 24.9 Å². The van der Waals surface area contributed by atoms with E-state index in [2.05, 4.69) is 15.6 Å². The third-order valence-electron chi connectivity index (χ3n) is 5.66. The van der Waals surface area contributed by atoms with E-state index in [1.165, 1.54) is 6.07 Å². The monoisotopic (exact) mass is 428 g/mol. The summed E-state index contributed by atoms with van der Waals surface area (Å²) in [7, 11) is 0. The van der Waals surface area contributed by atoms with Gasteiger partial charge in [-0.2, -0.15) is 5.26 Å². The Morgan fingerprint density at radius 1 is 1.19 bits per heavy atom. The summed E-state index contributed by atoms with van der Waals surface area (Å²) in [6, 6.07) is 5.91. The second-order valence-electron chi connectivity index (χ2n) is 7.85. The zero-order chi connectivity index (χ0) is 22.1. The lowest BCUT2D eigenvalue weighted by Crippen LogP contribution is -2.52. The lowest BCUT2D eigenvalue weighted by molar-refractivity contribution is -0.140. The number of hydrogen-bond acceptors (Lipinski definition) is 4. The van der Waals surface area contributed by atoms with Gasteiger partial charge in [-0.15, -0.1) is 0 Å². The molecule has 2 amide bonds. The van der Waals surface area contributed by atoms with Crippen LogP contribution < -0.4 is 10.6 Å². The van der Waals surface area contributed by atoms with Gasteiger partial charge in [-0.25, -0.2) is 4.39 Å². The molecule has 8 nitrogen and oxygen atoms in total. The molecule has 2 saturated heterocycles. The van der Waals surface area contributed by atoms with Crippen LogP contribution in [0, 0.1) is 17.3 Å². The molecule has 2 heterocycles. The number of likely N-dealkylation sites (tertiary alicyclic amines) is 2. The summed E-state index contributed by atoms with van der Waals surface area (Å²) in [5.74, 6) is -0.283. The number of hydrogen-bond donors (Lipinski definition) is 2. The molecule has 9 heteroatoms. The molecule has 1 aromatic rings. The number of benzene rings is 1. The van der Waals surface area contributed by atoms with Gasteiger partial charge in [0.1, 0.15) is 11.9 Å². The van der Waals surface area contributed by atoms with Gasteiger partial charge in [0.25, 0.3) is 0 Å². The van der Waals surface area contributed by atoms with Gasteiger partial charge in [0.05, 0.1) is 6.54 Å². The molecule has 1 atom stereocenters. The van der Waals surface area contributed by atoms with Crippen LogP contribution in [0.4, 0.5) is 4.39 Å². The van der Waals surface area contributed by atoms with Crippen molar-refractivity contribution in [3.05, 3.63) is 35.6 Å². The highest BCUT2D eigenvalue weighted by atomic mass is 19.1. The predicted octanol–water partition coefficient (Wildman–Crippen LogP) is 1.39. The Morgan fingerprint density at radius 2 is 1.94 bits per heavy atom. The highest BCUT2D eigenvalue weighted by Gasteiger charge is 2.30. The van der Waals surface area contributed by atoms with Gasteiger partial charge in [0.2, 0.25) is 17.8 Å². The van der Waals surface area contributed by atoms with Crippen molar-refractivity contribution in [2.24, 2.45) is 4.99 Å². The van der Waals surface area contributed by atoms with E-state index in [0.717, 1.165) is 38.8 Å². The van der Waals surface area contributed by atoms with Crippen LogP contribution in [0.25, 0.3) is 0 Å². The van der Waals surface area contributed by atoms with Crippen LogP contribution in [0.2, 0.25) is 0 Å². The maximum Gasteiger partial charge on any atom is 0.245 e. The fourth-order valence-corrected chi connectivity index (χ4v) is 3.95. The quantitative estimate of drug-likeness (QED) is 0.309. The van der Waals surface area contributed by atoms with E-state index in [1.807, 2.05) is 11.1 Å². The minimum absolute atomic E-state index is 0.0135. The Morgan fingerprint density at radius 3 is 2.68 bits per heavy atom. The topological polar surface area (TPSA) is 101 Å². The molecular formula is C22H29FN6O2. The van der Waals surface area contributed by atoms with Crippen LogP contribution in [-0.2, 0) is 16.0 Å². The van der Waals surface area contributed by atoms with Crippen molar-refractivity contribution in [1.82, 2.24) is 20.4 Å². The van der Waals surface area contributed by atoms with Gasteiger partial charge in [-0.3, -0.25) is 19.9 Å². The number of amides is 2. The van der Waals surface area contributed by atoms with Crippen molar-refractivity contribution in [3.8, 4) is 6.19 Å². The second kappa shape index (κ2) is 11.3. The van der Waals surface area contributed by atoms with Gasteiger partial charge in [0.15, 0.2) is 6.19 Å². The van der Waals surface area contributed by atoms with E-state index in [9.17, 15) is 14.0 Å². The third kappa shape index (κ3) is 6.41. The van der Waals surface area contributed by atoms with Crippen molar-refractivity contribution in [3.63, 3.8) is 0 Å². The molecule has 0 radical (unpaired) electrons. The van der Waals surface area contributed by atoms with E-state index in [1.54, 1.807) is 23.1 Å². The first kappa shape index (κ1) is 22.5. The summed E-state index contributed by atoms with van der Waals surface area (Å²) >= 11 is 0. The Balaban J connectivity index is 1.61. The molecule has 0 saturated carbocycles. The molecule has 1 aromatic carbocycles. The van der Waals surface area contributed by atoms with Crippen LogP contribution >= 0.6 is 0 Å². The lowest BCUT2D eigenvalue weighted by Gasteiger charge is -2.27. The predicted molar refractivity (Wildman–Crippen MR) is 114 cm³/mol. The minimum Gasteiger partial charge on any atom is -0.344 e. The van der Waals surface area contributed by atoms with E-state index in [4.69, 9.17) is 5.26 Å². The van der Waals surface area contributed by atoms with Crippen molar-refractivity contribution in [2.45, 2.75) is 44.6 Å². The summed E-state index contributed by atoms with van der Waals surface area (Å²) in [5, 5.41) is 14.6. The van der Waals surface area contributed by atoms with Gasteiger partial charge in [-0.05, 0) is 50.2 Å². The maximum atomic E-state index is 13.8. The molecule has 166 valence electrons. The Kier molecular flexibility index (Phi) is 8.21. The number of halogens is 1. The SMILES string of the molecule is N#CNC(=NCCc1ccccc1F)NC1CCCCN(CC(=O)N2CCCC2)C1=O. The normalized spacial score (nSPS) is 19.7. The first-order valence-electron chi connectivity index (χ1n) is 10.8. The lowest BCUT2D eigenvalue weighted by atomic mass is 10.1. The molecule has 0 aliphatic carbocycles. The van der Waals surface area contributed by atoms with Gasteiger partial charge < -0.3 is 15.1 Å². The standard InChI is InChI=1S/C22H29FN6O2/c23-18-8-2-1-7-17(18)10-11-25-22(26-16-24)27-19-9-3-4-14-29(21(19)31)15-20(30)28-12-5-6-13-28/h1-2,7-8,19H,3-6,9-15H2,(H2,25,26,27).